The predicted molar refractivity (Wildman–Crippen MR) is 175 cm³/mol. The van der Waals surface area contributed by atoms with Crippen molar-refractivity contribution >= 4 is 33.2 Å². The Morgan fingerprint density at radius 2 is 1.45 bits per heavy atom. The van der Waals surface area contributed by atoms with Crippen LogP contribution in [0, 0.1) is 15.9 Å². The van der Waals surface area contributed by atoms with Gasteiger partial charge in [-0.05, 0) is 60.4 Å². The second-order valence-corrected chi connectivity index (χ2v) is 13.3. The number of hydrogen-bond donors (Lipinski definition) is 1. The molecule has 0 radical (unpaired) electrons. The molecule has 244 valence electrons. The third kappa shape index (κ3) is 8.39. The molecule has 1 aliphatic carbocycles. The van der Waals surface area contributed by atoms with Gasteiger partial charge in [-0.1, -0.05) is 73.5 Å². The van der Waals surface area contributed by atoms with Crippen LogP contribution in [0.4, 0.5) is 15.8 Å². The van der Waals surface area contributed by atoms with E-state index >= 15 is 0 Å². The summed E-state index contributed by atoms with van der Waals surface area (Å²) in [5, 5.41) is 14.4. The number of amides is 2. The number of nitrogens with one attached hydrogen (secondary N) is 1. The molecular weight excluding hydrogens is 623 g/mol. The van der Waals surface area contributed by atoms with Crippen LogP contribution in [0.15, 0.2) is 114 Å². The van der Waals surface area contributed by atoms with Crippen LogP contribution in [-0.4, -0.2) is 48.7 Å². The third-order valence-electron chi connectivity index (χ3n) is 8.20. The number of carbonyl (C=O) groups excluding carboxylic acids is 2. The average molecular weight is 659 g/mol. The smallest absolute Gasteiger partial charge is 0.269 e. The van der Waals surface area contributed by atoms with Gasteiger partial charge < -0.3 is 10.2 Å². The van der Waals surface area contributed by atoms with Crippen molar-refractivity contribution in [3.8, 4) is 0 Å². The third-order valence-corrected chi connectivity index (χ3v) is 9.99. The van der Waals surface area contributed by atoms with Crippen LogP contribution in [0.1, 0.15) is 36.8 Å². The van der Waals surface area contributed by atoms with Gasteiger partial charge in [0, 0.05) is 31.1 Å². The Hall–Kier alpha value is -5.10. The Morgan fingerprint density at radius 3 is 2.04 bits per heavy atom. The Balaban J connectivity index is 1.56. The molecule has 5 rings (SSSR count). The van der Waals surface area contributed by atoms with Crippen LogP contribution in [0.3, 0.4) is 0 Å². The molecular formula is C35H35FN4O6S. The normalized spacial score (nSPS) is 13.9. The first-order chi connectivity index (χ1) is 22.6. The fourth-order valence-corrected chi connectivity index (χ4v) is 7.13. The van der Waals surface area contributed by atoms with Crippen molar-refractivity contribution in [1.29, 1.82) is 0 Å². The van der Waals surface area contributed by atoms with E-state index in [4.69, 9.17) is 0 Å². The van der Waals surface area contributed by atoms with Crippen molar-refractivity contribution in [2.45, 2.75) is 55.6 Å². The number of nitrogens with zero attached hydrogens (tertiary/aromatic N) is 3. The van der Waals surface area contributed by atoms with Gasteiger partial charge in [-0.25, -0.2) is 12.8 Å². The number of anilines is 1. The van der Waals surface area contributed by atoms with Gasteiger partial charge in [0.1, 0.15) is 18.4 Å². The monoisotopic (exact) mass is 658 g/mol. The highest BCUT2D eigenvalue weighted by Crippen LogP contribution is 2.27. The molecule has 0 heterocycles. The maximum atomic E-state index is 14.5. The van der Waals surface area contributed by atoms with E-state index in [-0.39, 0.29) is 41.2 Å². The predicted octanol–water partition coefficient (Wildman–Crippen LogP) is 5.63. The van der Waals surface area contributed by atoms with Crippen LogP contribution in [0.2, 0.25) is 0 Å². The number of nitro benzene ring substituents is 1. The van der Waals surface area contributed by atoms with Gasteiger partial charge in [-0.2, -0.15) is 0 Å². The lowest BCUT2D eigenvalue weighted by molar-refractivity contribution is -0.384. The zero-order chi connectivity index (χ0) is 33.4. The van der Waals surface area contributed by atoms with Crippen molar-refractivity contribution < 1.29 is 27.3 Å². The molecule has 2 amide bonds. The number of nitro groups is 1. The molecule has 10 nitrogen and oxygen atoms in total. The van der Waals surface area contributed by atoms with Gasteiger partial charge in [0.15, 0.2) is 0 Å². The van der Waals surface area contributed by atoms with Crippen molar-refractivity contribution in [3.63, 3.8) is 0 Å². The number of carbonyl (C=O) groups is 2. The van der Waals surface area contributed by atoms with Crippen molar-refractivity contribution in [2.24, 2.45) is 0 Å². The molecule has 0 bridgehead atoms. The highest BCUT2D eigenvalue weighted by molar-refractivity contribution is 7.92. The lowest BCUT2D eigenvalue weighted by Gasteiger charge is -2.34. The molecule has 1 atom stereocenters. The molecule has 47 heavy (non-hydrogen) atoms. The van der Waals surface area contributed by atoms with Crippen LogP contribution < -0.4 is 9.62 Å². The summed E-state index contributed by atoms with van der Waals surface area (Å²) in [7, 11) is -4.35. The average Bonchev–Trinajstić information content (AvgIpc) is 3.60. The summed E-state index contributed by atoms with van der Waals surface area (Å²) in [4.78, 5) is 40.5. The van der Waals surface area contributed by atoms with Gasteiger partial charge >= 0.3 is 0 Å². The standard InChI is InChI=1S/C35H35FN4O6S/c36-28-17-15-27(16-18-28)24-38(33(23-26-9-3-1-4-10-26)35(42)37-29-11-7-8-12-29)34(41)25-39(30-19-21-31(22-20-30)40(43)44)47(45,46)32-13-5-2-6-14-32/h1-6,9-10,13-22,29,33H,7-8,11-12,23-25H2,(H,37,42)/t33-/m0/s1. The fourth-order valence-electron chi connectivity index (χ4n) is 5.70. The minimum Gasteiger partial charge on any atom is -0.352 e. The van der Waals surface area contributed by atoms with E-state index in [1.54, 1.807) is 18.2 Å². The summed E-state index contributed by atoms with van der Waals surface area (Å²) in [5.74, 6) is -1.52. The van der Waals surface area contributed by atoms with E-state index in [0.717, 1.165) is 47.7 Å². The van der Waals surface area contributed by atoms with Gasteiger partial charge in [-0.15, -0.1) is 0 Å². The van der Waals surface area contributed by atoms with Crippen molar-refractivity contribution in [1.82, 2.24) is 10.2 Å². The minimum atomic E-state index is -4.35. The van der Waals surface area contributed by atoms with E-state index in [1.165, 1.54) is 53.4 Å². The minimum absolute atomic E-state index is 0.0320. The van der Waals surface area contributed by atoms with Gasteiger partial charge in [0.25, 0.3) is 15.7 Å². The Bertz CT molecular complexity index is 1780. The summed E-state index contributed by atoms with van der Waals surface area (Å²) in [6, 6.07) is 26.1. The van der Waals surface area contributed by atoms with E-state index in [9.17, 15) is 32.5 Å². The first kappa shape index (κ1) is 33.3. The molecule has 4 aromatic carbocycles. The maximum absolute atomic E-state index is 14.5. The van der Waals surface area contributed by atoms with Crippen molar-refractivity contribution in [2.75, 3.05) is 10.8 Å². The molecule has 1 N–H and O–H groups in total. The molecule has 0 aromatic heterocycles. The summed E-state index contributed by atoms with van der Waals surface area (Å²) < 4.78 is 42.8. The number of rotatable bonds is 13. The van der Waals surface area contributed by atoms with Crippen LogP contribution in [0.25, 0.3) is 0 Å². The van der Waals surface area contributed by atoms with Crippen LogP contribution in [0.5, 0.6) is 0 Å². The van der Waals surface area contributed by atoms with Gasteiger partial charge in [0.05, 0.1) is 15.5 Å². The number of benzene rings is 4. The van der Waals surface area contributed by atoms with E-state index in [0.29, 0.717) is 5.56 Å². The molecule has 0 unspecified atom stereocenters. The summed E-state index contributed by atoms with van der Waals surface area (Å²) >= 11 is 0. The Morgan fingerprint density at radius 1 is 0.851 bits per heavy atom. The highest BCUT2D eigenvalue weighted by atomic mass is 32.2. The van der Waals surface area contributed by atoms with Crippen molar-refractivity contribution in [3.05, 3.63) is 136 Å². The Kier molecular flexibility index (Phi) is 10.6. The molecule has 12 heteroatoms. The lowest BCUT2D eigenvalue weighted by Crippen LogP contribution is -2.54. The number of halogens is 1. The first-order valence-electron chi connectivity index (χ1n) is 15.3. The largest absolute Gasteiger partial charge is 0.352 e. The van der Waals surface area contributed by atoms with E-state index in [1.807, 2.05) is 30.3 Å². The molecule has 1 aliphatic rings. The molecule has 0 spiro atoms. The fraction of sp³-hybridized carbons (Fsp3) is 0.257. The maximum Gasteiger partial charge on any atom is 0.269 e. The molecule has 0 aliphatic heterocycles. The zero-order valence-corrected chi connectivity index (χ0v) is 26.4. The van der Waals surface area contributed by atoms with E-state index in [2.05, 4.69) is 5.32 Å². The summed E-state index contributed by atoms with van der Waals surface area (Å²) in [6.45, 7) is -0.813. The Labute approximate surface area is 273 Å². The number of hydrogen-bond acceptors (Lipinski definition) is 6. The second kappa shape index (κ2) is 15.0. The summed E-state index contributed by atoms with van der Waals surface area (Å²) in [6.07, 6.45) is 3.75. The van der Waals surface area contributed by atoms with Gasteiger partial charge in [-0.3, -0.25) is 24.0 Å². The molecule has 1 fully saturated rings. The zero-order valence-electron chi connectivity index (χ0n) is 25.6. The molecule has 0 saturated heterocycles. The molecule has 4 aromatic rings. The first-order valence-corrected chi connectivity index (χ1v) is 16.8. The topological polar surface area (TPSA) is 130 Å². The molecule has 1 saturated carbocycles. The number of sulfonamides is 1. The summed E-state index contributed by atoms with van der Waals surface area (Å²) in [5.41, 5.74) is 1.12. The van der Waals surface area contributed by atoms with Crippen LogP contribution in [-0.2, 0) is 32.6 Å². The SMILES string of the molecule is O=C(NC1CCCC1)[C@H](Cc1ccccc1)N(Cc1ccc(F)cc1)C(=O)CN(c1ccc([N+](=O)[O-])cc1)S(=O)(=O)c1ccccc1. The quantitative estimate of drug-likeness (QED) is 0.147. The lowest BCUT2D eigenvalue weighted by atomic mass is 10.0. The van der Waals surface area contributed by atoms with Crippen LogP contribution >= 0.6 is 0 Å². The highest BCUT2D eigenvalue weighted by Gasteiger charge is 2.35. The van der Waals surface area contributed by atoms with E-state index < -0.39 is 39.3 Å². The van der Waals surface area contributed by atoms with Gasteiger partial charge in [0.2, 0.25) is 11.8 Å². The number of non-ortho nitro benzene ring substituents is 1. The second-order valence-electron chi connectivity index (χ2n) is 11.4.